The quantitative estimate of drug-likeness (QED) is 0.254. The highest BCUT2D eigenvalue weighted by Gasteiger charge is 2.14. The lowest BCUT2D eigenvalue weighted by Gasteiger charge is -2.17. The van der Waals surface area contributed by atoms with Crippen LogP contribution in [0.25, 0.3) is 22.0 Å². The molecule has 3 heteroatoms. The Bertz CT molecular complexity index is 1140. The molecule has 0 spiro atoms. The van der Waals surface area contributed by atoms with Gasteiger partial charge in [-0.3, -0.25) is 5.10 Å². The number of benzene rings is 3. The van der Waals surface area contributed by atoms with E-state index in [1.165, 1.54) is 27.8 Å². The van der Waals surface area contributed by atoms with Crippen molar-refractivity contribution in [2.45, 2.75) is 33.1 Å². The van der Waals surface area contributed by atoms with E-state index < -0.39 is 0 Å². The predicted molar refractivity (Wildman–Crippen MR) is 126 cm³/mol. The van der Waals surface area contributed by atoms with Gasteiger partial charge in [0.1, 0.15) is 5.75 Å². The molecule has 30 heavy (non-hydrogen) atoms. The molecule has 0 saturated carbocycles. The Balaban J connectivity index is 1.86. The summed E-state index contributed by atoms with van der Waals surface area (Å²) in [5.41, 5.74) is 7.24. The van der Waals surface area contributed by atoms with Gasteiger partial charge in [-0.15, -0.1) is 0 Å². The zero-order valence-corrected chi connectivity index (χ0v) is 17.7. The van der Waals surface area contributed by atoms with Gasteiger partial charge >= 0.3 is 0 Å². The number of allylic oxidation sites excluding steroid dienone is 1. The molecule has 0 aliphatic heterocycles. The van der Waals surface area contributed by atoms with Crippen LogP contribution in [-0.2, 0) is 0 Å². The van der Waals surface area contributed by atoms with E-state index in [0.29, 0.717) is 0 Å². The summed E-state index contributed by atoms with van der Waals surface area (Å²) in [7, 11) is 0. The van der Waals surface area contributed by atoms with E-state index in [-0.39, 0.29) is 0 Å². The molecule has 3 aromatic carbocycles. The topological polar surface area (TPSA) is 37.9 Å². The number of rotatable bonds is 8. The lowest BCUT2D eigenvalue weighted by atomic mass is 9.88. The van der Waals surface area contributed by atoms with E-state index in [1.807, 2.05) is 12.3 Å². The minimum Gasteiger partial charge on any atom is -0.494 e. The van der Waals surface area contributed by atoms with Gasteiger partial charge in [-0.1, -0.05) is 68.8 Å². The Morgan fingerprint density at radius 3 is 2.50 bits per heavy atom. The molecule has 0 bridgehead atoms. The lowest BCUT2D eigenvalue weighted by molar-refractivity contribution is 0.309. The Morgan fingerprint density at radius 2 is 1.70 bits per heavy atom. The zero-order valence-electron chi connectivity index (χ0n) is 17.7. The van der Waals surface area contributed by atoms with Gasteiger partial charge in [0, 0.05) is 5.39 Å². The molecule has 0 fully saturated rings. The molecular formula is C27H28N2O. The first-order valence-corrected chi connectivity index (χ1v) is 10.8. The molecule has 1 aromatic heterocycles. The SMILES string of the molecule is CCCCOc1cccc(/C(CC)=C(\c2ccccc2)c2ccc3[nH]ncc3c2)c1. The van der Waals surface area contributed by atoms with Crippen LogP contribution in [0.3, 0.4) is 0 Å². The zero-order chi connectivity index (χ0) is 20.8. The Morgan fingerprint density at radius 1 is 0.867 bits per heavy atom. The van der Waals surface area contributed by atoms with Crippen LogP contribution < -0.4 is 4.74 Å². The fraction of sp³-hybridized carbons (Fsp3) is 0.222. The number of hydrogen-bond donors (Lipinski definition) is 1. The van der Waals surface area contributed by atoms with Crippen molar-refractivity contribution in [3.8, 4) is 5.75 Å². The predicted octanol–water partition coefficient (Wildman–Crippen LogP) is 7.11. The number of aromatic nitrogens is 2. The van der Waals surface area contributed by atoms with Crippen molar-refractivity contribution >= 4 is 22.0 Å². The highest BCUT2D eigenvalue weighted by molar-refractivity contribution is 6.00. The number of nitrogens with one attached hydrogen (secondary N) is 1. The average molecular weight is 397 g/mol. The summed E-state index contributed by atoms with van der Waals surface area (Å²) in [4.78, 5) is 0. The van der Waals surface area contributed by atoms with Crippen molar-refractivity contribution in [3.63, 3.8) is 0 Å². The first-order valence-electron chi connectivity index (χ1n) is 10.8. The number of fused-ring (bicyclic) bond motifs is 1. The summed E-state index contributed by atoms with van der Waals surface area (Å²) >= 11 is 0. The minimum absolute atomic E-state index is 0.758. The van der Waals surface area contributed by atoms with E-state index >= 15 is 0 Å². The number of unbranched alkanes of at least 4 members (excludes halogenated alkanes) is 1. The second-order valence-electron chi connectivity index (χ2n) is 7.48. The van der Waals surface area contributed by atoms with Crippen molar-refractivity contribution in [3.05, 3.63) is 95.7 Å². The second kappa shape index (κ2) is 9.45. The largest absolute Gasteiger partial charge is 0.494 e. The van der Waals surface area contributed by atoms with Gasteiger partial charge in [0.15, 0.2) is 0 Å². The van der Waals surface area contributed by atoms with E-state index in [4.69, 9.17) is 4.74 Å². The van der Waals surface area contributed by atoms with Crippen molar-refractivity contribution in [1.82, 2.24) is 10.2 Å². The molecule has 1 heterocycles. The highest BCUT2D eigenvalue weighted by Crippen LogP contribution is 2.36. The summed E-state index contributed by atoms with van der Waals surface area (Å²) in [5, 5.41) is 8.36. The van der Waals surface area contributed by atoms with Gasteiger partial charge in [-0.25, -0.2) is 0 Å². The fourth-order valence-electron chi connectivity index (χ4n) is 3.85. The molecule has 1 N–H and O–H groups in total. The first-order chi connectivity index (χ1) is 14.8. The third-order valence-corrected chi connectivity index (χ3v) is 5.40. The van der Waals surface area contributed by atoms with Crippen LogP contribution in [0.15, 0.2) is 79.0 Å². The molecule has 0 atom stereocenters. The third-order valence-electron chi connectivity index (χ3n) is 5.40. The summed E-state index contributed by atoms with van der Waals surface area (Å²) < 4.78 is 5.99. The fourth-order valence-corrected chi connectivity index (χ4v) is 3.85. The second-order valence-corrected chi connectivity index (χ2v) is 7.48. The normalized spacial score (nSPS) is 12.1. The number of H-pyrrole nitrogens is 1. The van der Waals surface area contributed by atoms with Crippen LogP contribution in [0.2, 0.25) is 0 Å². The van der Waals surface area contributed by atoms with Gasteiger partial charge in [-0.05, 0) is 64.9 Å². The molecule has 4 rings (SSSR count). The first kappa shape index (κ1) is 20.0. The smallest absolute Gasteiger partial charge is 0.119 e. The van der Waals surface area contributed by atoms with Gasteiger partial charge in [0.05, 0.1) is 18.3 Å². The standard InChI is InChI=1S/C27H28N2O/c1-3-5-16-30-24-13-9-12-21(18-24)25(4-2)27(20-10-7-6-8-11-20)22-14-15-26-23(17-22)19-28-29-26/h6-15,17-19H,3-5,16H2,1-2H3,(H,28,29)/b27-25+. The van der Waals surface area contributed by atoms with Crippen LogP contribution in [0.5, 0.6) is 5.75 Å². The van der Waals surface area contributed by atoms with Crippen LogP contribution in [0.4, 0.5) is 0 Å². The summed E-state index contributed by atoms with van der Waals surface area (Å²) in [6, 6.07) is 25.6. The van der Waals surface area contributed by atoms with Crippen molar-refractivity contribution in [2.24, 2.45) is 0 Å². The molecule has 0 unspecified atom stereocenters. The highest BCUT2D eigenvalue weighted by atomic mass is 16.5. The van der Waals surface area contributed by atoms with Crippen LogP contribution in [0.1, 0.15) is 49.8 Å². The van der Waals surface area contributed by atoms with E-state index in [1.54, 1.807) is 0 Å². The maximum absolute atomic E-state index is 5.99. The van der Waals surface area contributed by atoms with E-state index in [0.717, 1.165) is 42.5 Å². The van der Waals surface area contributed by atoms with E-state index in [2.05, 4.69) is 90.8 Å². The third kappa shape index (κ3) is 4.30. The van der Waals surface area contributed by atoms with E-state index in [9.17, 15) is 0 Å². The van der Waals surface area contributed by atoms with Crippen molar-refractivity contribution in [2.75, 3.05) is 6.61 Å². The number of ether oxygens (including phenoxy) is 1. The average Bonchev–Trinajstić information content (AvgIpc) is 3.26. The molecular weight excluding hydrogens is 368 g/mol. The molecule has 0 saturated heterocycles. The Labute approximate surface area is 178 Å². The van der Waals surface area contributed by atoms with Crippen LogP contribution in [-0.4, -0.2) is 16.8 Å². The van der Waals surface area contributed by atoms with Crippen LogP contribution >= 0.6 is 0 Å². The van der Waals surface area contributed by atoms with Crippen molar-refractivity contribution < 1.29 is 4.74 Å². The van der Waals surface area contributed by atoms with Gasteiger partial charge in [0.2, 0.25) is 0 Å². The number of aromatic amines is 1. The molecule has 0 amide bonds. The van der Waals surface area contributed by atoms with Crippen LogP contribution in [0, 0.1) is 0 Å². The van der Waals surface area contributed by atoms with Gasteiger partial charge in [-0.2, -0.15) is 5.10 Å². The van der Waals surface area contributed by atoms with Gasteiger partial charge < -0.3 is 4.74 Å². The monoisotopic (exact) mass is 396 g/mol. The summed E-state index contributed by atoms with van der Waals surface area (Å²) in [6.45, 7) is 5.16. The molecule has 152 valence electrons. The number of nitrogens with zero attached hydrogens (tertiary/aromatic N) is 1. The summed E-state index contributed by atoms with van der Waals surface area (Å²) in [6.07, 6.45) is 5.01. The lowest BCUT2D eigenvalue weighted by Crippen LogP contribution is -1.98. The number of hydrogen-bond acceptors (Lipinski definition) is 2. The Kier molecular flexibility index (Phi) is 6.29. The summed E-state index contributed by atoms with van der Waals surface area (Å²) in [5.74, 6) is 0.935. The maximum atomic E-state index is 5.99. The maximum Gasteiger partial charge on any atom is 0.119 e. The minimum atomic E-state index is 0.758. The molecule has 0 aliphatic carbocycles. The molecule has 0 radical (unpaired) electrons. The van der Waals surface area contributed by atoms with Gasteiger partial charge in [0.25, 0.3) is 0 Å². The Hall–Kier alpha value is -3.33. The van der Waals surface area contributed by atoms with Crippen molar-refractivity contribution in [1.29, 1.82) is 0 Å². The molecule has 3 nitrogen and oxygen atoms in total. The molecule has 4 aromatic rings. The molecule has 0 aliphatic rings.